The van der Waals surface area contributed by atoms with Crippen LogP contribution in [0.3, 0.4) is 0 Å². The molecule has 2 unspecified atom stereocenters. The van der Waals surface area contributed by atoms with Crippen molar-refractivity contribution in [3.8, 4) is 0 Å². The molecule has 0 bridgehead atoms. The molecule has 6 heteroatoms. The molecule has 108 valence electrons. The number of likely N-dealkylation sites (tertiary alicyclic amines) is 1. The molecule has 1 aliphatic heterocycles. The molecule has 2 nitrogen and oxygen atoms in total. The quantitative estimate of drug-likeness (QED) is 0.608. The number of benzene rings is 1. The number of rotatable bonds is 2. The van der Waals surface area contributed by atoms with Crippen LogP contribution in [0.25, 0.3) is 0 Å². The average Bonchev–Trinajstić information content (AvgIpc) is 2.34. The van der Waals surface area contributed by atoms with Crippen LogP contribution >= 0.6 is 35.0 Å². The maximum Gasteiger partial charge on any atom is 0.143 e. The summed E-state index contributed by atoms with van der Waals surface area (Å²) < 4.78 is 28.0. The van der Waals surface area contributed by atoms with E-state index in [-0.39, 0.29) is 24.0 Å². The first kappa shape index (κ1) is 17.1. The van der Waals surface area contributed by atoms with Gasteiger partial charge in [0.1, 0.15) is 11.6 Å². The number of hydrogen-bond acceptors (Lipinski definition) is 2. The van der Waals surface area contributed by atoms with E-state index in [1.165, 1.54) is 12.1 Å². The van der Waals surface area contributed by atoms with Crippen LogP contribution in [0.2, 0.25) is 0 Å². The molecule has 1 heterocycles. The van der Waals surface area contributed by atoms with Gasteiger partial charge in [0.15, 0.2) is 0 Å². The molecule has 0 saturated carbocycles. The van der Waals surface area contributed by atoms with Crippen molar-refractivity contribution in [2.75, 3.05) is 13.1 Å². The highest BCUT2D eigenvalue weighted by Crippen LogP contribution is 2.23. The van der Waals surface area contributed by atoms with Crippen molar-refractivity contribution in [1.82, 2.24) is 4.90 Å². The first-order valence-corrected chi connectivity index (χ1v) is 7.17. The number of nitrogens with two attached hydrogens (primary N) is 1. The van der Waals surface area contributed by atoms with Crippen LogP contribution in [0.1, 0.15) is 18.9 Å². The zero-order valence-electron chi connectivity index (χ0n) is 10.7. The van der Waals surface area contributed by atoms with Gasteiger partial charge in [0, 0.05) is 28.3 Å². The molecule has 0 amide bonds. The highest BCUT2D eigenvalue weighted by Gasteiger charge is 2.24. The third-order valence-electron chi connectivity index (χ3n) is 3.58. The Morgan fingerprint density at radius 2 is 2.11 bits per heavy atom. The lowest BCUT2D eigenvalue weighted by Crippen LogP contribution is -2.45. The lowest BCUT2D eigenvalue weighted by atomic mass is 9.94. The minimum atomic E-state index is -0.463. The largest absolute Gasteiger partial charge is 0.327 e. The fourth-order valence-corrected chi connectivity index (χ4v) is 2.84. The molecule has 1 saturated heterocycles. The standard InChI is InChI=1S/C13H17F2IN2.ClH/c1-8-6-18(5-4-12(8)17)7-9-10(14)2-3-11(16)13(9)15;/h2-3,8,12H,4-7,17H2,1H3;1H. The second kappa shape index (κ2) is 7.15. The molecule has 0 radical (unpaired) electrons. The number of nitrogens with zero attached hydrogens (tertiary/aromatic N) is 1. The Balaban J connectivity index is 0.00000180. The molecule has 1 aromatic carbocycles. The zero-order chi connectivity index (χ0) is 13.3. The Labute approximate surface area is 132 Å². The summed E-state index contributed by atoms with van der Waals surface area (Å²) >= 11 is 1.89. The molecular weight excluding hydrogens is 385 g/mol. The summed E-state index contributed by atoms with van der Waals surface area (Å²) in [7, 11) is 0. The van der Waals surface area contributed by atoms with Crippen molar-refractivity contribution in [2.24, 2.45) is 11.7 Å². The van der Waals surface area contributed by atoms with Gasteiger partial charge in [0.05, 0.1) is 0 Å². The van der Waals surface area contributed by atoms with E-state index in [1.54, 1.807) is 0 Å². The summed E-state index contributed by atoms with van der Waals surface area (Å²) in [5.74, 6) is -0.527. The van der Waals surface area contributed by atoms with Crippen LogP contribution in [0.5, 0.6) is 0 Å². The third kappa shape index (κ3) is 4.00. The molecule has 0 aromatic heterocycles. The van der Waals surface area contributed by atoms with E-state index in [0.29, 0.717) is 16.0 Å². The highest BCUT2D eigenvalue weighted by molar-refractivity contribution is 14.1. The monoisotopic (exact) mass is 402 g/mol. The smallest absolute Gasteiger partial charge is 0.143 e. The van der Waals surface area contributed by atoms with Crippen LogP contribution in [0.4, 0.5) is 8.78 Å². The van der Waals surface area contributed by atoms with E-state index in [1.807, 2.05) is 22.6 Å². The van der Waals surface area contributed by atoms with Crippen molar-refractivity contribution in [3.63, 3.8) is 0 Å². The summed E-state index contributed by atoms with van der Waals surface area (Å²) in [6.45, 7) is 4.01. The van der Waals surface area contributed by atoms with E-state index in [4.69, 9.17) is 5.73 Å². The first-order chi connectivity index (χ1) is 8.49. The summed E-state index contributed by atoms with van der Waals surface area (Å²) in [5.41, 5.74) is 6.11. The van der Waals surface area contributed by atoms with Crippen LogP contribution < -0.4 is 5.73 Å². The second-order valence-electron chi connectivity index (χ2n) is 4.99. The summed E-state index contributed by atoms with van der Waals surface area (Å²) in [4.78, 5) is 2.08. The Kier molecular flexibility index (Phi) is 6.42. The number of halogens is 4. The number of hydrogen-bond donors (Lipinski definition) is 1. The normalized spacial score (nSPS) is 24.1. The van der Waals surface area contributed by atoms with E-state index >= 15 is 0 Å². The van der Waals surface area contributed by atoms with Gasteiger partial charge in [-0.3, -0.25) is 4.90 Å². The van der Waals surface area contributed by atoms with Gasteiger partial charge < -0.3 is 5.73 Å². The molecular formula is C13H18ClF2IN2. The van der Waals surface area contributed by atoms with Crippen molar-refractivity contribution in [3.05, 3.63) is 32.9 Å². The molecule has 0 spiro atoms. The van der Waals surface area contributed by atoms with Crippen LogP contribution in [-0.4, -0.2) is 24.0 Å². The summed E-state index contributed by atoms with van der Waals surface area (Å²) in [5, 5.41) is 0. The molecule has 2 N–H and O–H groups in total. The van der Waals surface area contributed by atoms with Gasteiger partial charge >= 0.3 is 0 Å². The van der Waals surface area contributed by atoms with Gasteiger partial charge in [-0.2, -0.15) is 0 Å². The predicted molar refractivity (Wildman–Crippen MR) is 83.4 cm³/mol. The second-order valence-corrected chi connectivity index (χ2v) is 6.15. The average molecular weight is 403 g/mol. The maximum atomic E-state index is 13.9. The lowest BCUT2D eigenvalue weighted by molar-refractivity contribution is 0.154. The van der Waals surface area contributed by atoms with Gasteiger partial charge in [-0.15, -0.1) is 12.4 Å². The molecule has 2 atom stereocenters. The summed E-state index contributed by atoms with van der Waals surface area (Å²) in [6, 6.07) is 3.00. The SMILES string of the molecule is CC1CN(Cc2c(F)ccc(I)c2F)CCC1N.Cl. The fraction of sp³-hybridized carbons (Fsp3) is 0.538. The Hall–Kier alpha value is 0.0200. The number of piperidine rings is 1. The van der Waals surface area contributed by atoms with E-state index in [9.17, 15) is 8.78 Å². The first-order valence-electron chi connectivity index (χ1n) is 6.09. The summed E-state index contributed by atoms with van der Waals surface area (Å²) in [6.07, 6.45) is 0.883. The molecule has 1 fully saturated rings. The Morgan fingerprint density at radius 1 is 1.42 bits per heavy atom. The Bertz CT molecular complexity index is 445. The van der Waals surface area contributed by atoms with E-state index in [2.05, 4.69) is 11.8 Å². The third-order valence-corrected chi connectivity index (χ3v) is 4.41. The van der Waals surface area contributed by atoms with E-state index < -0.39 is 11.6 Å². The van der Waals surface area contributed by atoms with Crippen molar-refractivity contribution in [1.29, 1.82) is 0 Å². The molecule has 19 heavy (non-hydrogen) atoms. The molecule has 1 aliphatic rings. The van der Waals surface area contributed by atoms with Gasteiger partial charge in [0.25, 0.3) is 0 Å². The van der Waals surface area contributed by atoms with Gasteiger partial charge in [-0.05, 0) is 53.6 Å². The molecule has 1 aromatic rings. The molecule has 0 aliphatic carbocycles. The van der Waals surface area contributed by atoms with Crippen molar-refractivity contribution in [2.45, 2.75) is 25.9 Å². The van der Waals surface area contributed by atoms with Crippen molar-refractivity contribution >= 4 is 35.0 Å². The Morgan fingerprint density at radius 3 is 2.74 bits per heavy atom. The van der Waals surface area contributed by atoms with Gasteiger partial charge in [-0.25, -0.2) is 8.78 Å². The topological polar surface area (TPSA) is 29.3 Å². The van der Waals surface area contributed by atoms with Crippen molar-refractivity contribution < 1.29 is 8.78 Å². The van der Waals surface area contributed by atoms with Crippen LogP contribution in [0, 0.1) is 21.1 Å². The van der Waals surface area contributed by atoms with Gasteiger partial charge in [0.2, 0.25) is 0 Å². The minimum Gasteiger partial charge on any atom is -0.327 e. The van der Waals surface area contributed by atoms with Crippen LogP contribution in [-0.2, 0) is 6.54 Å². The van der Waals surface area contributed by atoms with Gasteiger partial charge in [-0.1, -0.05) is 6.92 Å². The highest BCUT2D eigenvalue weighted by atomic mass is 127. The fourth-order valence-electron chi connectivity index (χ4n) is 2.33. The molecule has 2 rings (SSSR count). The van der Waals surface area contributed by atoms with Crippen LogP contribution in [0.15, 0.2) is 12.1 Å². The predicted octanol–water partition coefficient (Wildman–Crippen LogP) is 3.16. The van der Waals surface area contributed by atoms with E-state index in [0.717, 1.165) is 19.5 Å². The maximum absolute atomic E-state index is 13.9. The minimum absolute atomic E-state index is 0. The lowest BCUT2D eigenvalue weighted by Gasteiger charge is -2.35. The zero-order valence-corrected chi connectivity index (χ0v) is 13.7.